The maximum absolute atomic E-state index is 12.0. The summed E-state index contributed by atoms with van der Waals surface area (Å²) in [6.07, 6.45) is 1.59. The third-order valence-corrected chi connectivity index (χ3v) is 3.30. The fraction of sp³-hybridized carbons (Fsp3) is 0.0588. The maximum Gasteiger partial charge on any atom is 0.363 e. The molecule has 0 radical (unpaired) electrons. The van der Waals surface area contributed by atoms with Crippen molar-refractivity contribution in [2.45, 2.75) is 6.92 Å². The van der Waals surface area contributed by atoms with Crippen LogP contribution in [0.4, 0.5) is 5.69 Å². The molecule has 0 fully saturated rings. The summed E-state index contributed by atoms with van der Waals surface area (Å²) < 4.78 is 5.09. The van der Waals surface area contributed by atoms with Crippen LogP contribution >= 0.6 is 0 Å². The standard InChI is InChI=1S/C17H12N2O4/c1-11-5-4-6-12(9-11)10-14-17(20)23-16(18-14)13-7-2-3-8-15(13)19(21)22/h2-10H,1H3/b14-10+. The Kier molecular flexibility index (Phi) is 3.72. The Morgan fingerprint density at radius 1 is 1.17 bits per heavy atom. The summed E-state index contributed by atoms with van der Waals surface area (Å²) in [5, 5.41) is 11.1. The molecule has 1 heterocycles. The lowest BCUT2D eigenvalue weighted by molar-refractivity contribution is -0.385. The van der Waals surface area contributed by atoms with Crippen molar-refractivity contribution in [3.63, 3.8) is 0 Å². The number of cyclic esters (lactones) is 1. The molecule has 0 unspecified atom stereocenters. The topological polar surface area (TPSA) is 81.8 Å². The summed E-state index contributed by atoms with van der Waals surface area (Å²) in [6, 6.07) is 13.6. The number of esters is 1. The second-order valence-corrected chi connectivity index (χ2v) is 5.02. The third kappa shape index (κ3) is 3.01. The predicted molar refractivity (Wildman–Crippen MR) is 84.9 cm³/mol. The highest BCUT2D eigenvalue weighted by atomic mass is 16.6. The average molecular weight is 308 g/mol. The fourth-order valence-corrected chi connectivity index (χ4v) is 2.26. The van der Waals surface area contributed by atoms with Gasteiger partial charge in [-0.1, -0.05) is 42.0 Å². The normalized spacial score (nSPS) is 15.4. The van der Waals surface area contributed by atoms with Crippen LogP contribution in [0.1, 0.15) is 16.7 Å². The maximum atomic E-state index is 12.0. The van der Waals surface area contributed by atoms with Crippen LogP contribution in [-0.2, 0) is 9.53 Å². The van der Waals surface area contributed by atoms with Gasteiger partial charge in [0.2, 0.25) is 5.90 Å². The SMILES string of the molecule is Cc1cccc(/C=C2/N=C(c3ccccc3[N+](=O)[O-])OC2=O)c1. The van der Waals surface area contributed by atoms with Gasteiger partial charge in [-0.15, -0.1) is 0 Å². The molecule has 0 atom stereocenters. The number of aryl methyl sites for hydroxylation is 1. The molecule has 1 aliphatic rings. The monoisotopic (exact) mass is 308 g/mol. The van der Waals surface area contributed by atoms with Crippen molar-refractivity contribution >= 4 is 23.6 Å². The number of para-hydroxylation sites is 1. The third-order valence-electron chi connectivity index (χ3n) is 3.30. The molecule has 0 spiro atoms. The first-order valence-electron chi connectivity index (χ1n) is 6.87. The molecule has 0 aliphatic carbocycles. The predicted octanol–water partition coefficient (Wildman–Crippen LogP) is 3.25. The second kappa shape index (κ2) is 5.84. The number of carbonyl (C=O) groups excluding carboxylic acids is 1. The van der Waals surface area contributed by atoms with Crippen LogP contribution in [0.2, 0.25) is 0 Å². The van der Waals surface area contributed by atoms with Crippen LogP contribution in [-0.4, -0.2) is 16.8 Å². The highest BCUT2D eigenvalue weighted by molar-refractivity contribution is 6.14. The van der Waals surface area contributed by atoms with Gasteiger partial charge in [-0.3, -0.25) is 10.1 Å². The highest BCUT2D eigenvalue weighted by Crippen LogP contribution is 2.25. The van der Waals surface area contributed by atoms with Crippen molar-refractivity contribution in [3.05, 3.63) is 81.0 Å². The van der Waals surface area contributed by atoms with E-state index in [1.165, 1.54) is 12.1 Å². The molecule has 1 aliphatic heterocycles. The molecule has 2 aromatic carbocycles. The second-order valence-electron chi connectivity index (χ2n) is 5.02. The smallest absolute Gasteiger partial charge is 0.363 e. The molecule has 0 N–H and O–H groups in total. The van der Waals surface area contributed by atoms with E-state index in [-0.39, 0.29) is 22.8 Å². The first-order chi connectivity index (χ1) is 11.0. The van der Waals surface area contributed by atoms with Gasteiger partial charge in [-0.25, -0.2) is 9.79 Å². The van der Waals surface area contributed by atoms with Crippen molar-refractivity contribution in [1.82, 2.24) is 0 Å². The number of hydrogen-bond donors (Lipinski definition) is 0. The Bertz CT molecular complexity index is 868. The summed E-state index contributed by atoms with van der Waals surface area (Å²) in [5.74, 6) is -0.680. The van der Waals surface area contributed by atoms with E-state index in [1.54, 1.807) is 18.2 Å². The molecule has 6 nitrogen and oxygen atoms in total. The van der Waals surface area contributed by atoms with E-state index in [2.05, 4.69) is 4.99 Å². The lowest BCUT2D eigenvalue weighted by Crippen LogP contribution is -2.07. The van der Waals surface area contributed by atoms with Gasteiger partial charge in [0.15, 0.2) is 5.70 Å². The number of aliphatic imine (C=N–C) groups is 1. The first-order valence-corrected chi connectivity index (χ1v) is 6.87. The number of carbonyl (C=O) groups is 1. The van der Waals surface area contributed by atoms with Gasteiger partial charge < -0.3 is 4.74 Å². The lowest BCUT2D eigenvalue weighted by atomic mass is 10.1. The molecule has 3 rings (SSSR count). The molecule has 0 amide bonds. The molecule has 0 saturated heterocycles. The van der Waals surface area contributed by atoms with E-state index in [0.717, 1.165) is 11.1 Å². The van der Waals surface area contributed by atoms with Crippen molar-refractivity contribution in [2.75, 3.05) is 0 Å². The zero-order chi connectivity index (χ0) is 16.4. The van der Waals surface area contributed by atoms with Crippen LogP contribution < -0.4 is 0 Å². The summed E-state index contributed by atoms with van der Waals surface area (Å²) in [5.41, 5.74) is 2.00. The molecule has 6 heteroatoms. The van der Waals surface area contributed by atoms with Crippen LogP contribution in [0.5, 0.6) is 0 Å². The van der Waals surface area contributed by atoms with Crippen LogP contribution in [0.3, 0.4) is 0 Å². The Morgan fingerprint density at radius 3 is 2.70 bits per heavy atom. The number of nitro groups is 1. The van der Waals surface area contributed by atoms with Gasteiger partial charge in [0.05, 0.1) is 4.92 Å². The van der Waals surface area contributed by atoms with Crippen molar-refractivity contribution in [3.8, 4) is 0 Å². The van der Waals surface area contributed by atoms with Gasteiger partial charge in [0, 0.05) is 6.07 Å². The van der Waals surface area contributed by atoms with Crippen LogP contribution in [0.15, 0.2) is 59.2 Å². The summed E-state index contributed by atoms with van der Waals surface area (Å²) in [7, 11) is 0. The largest absolute Gasteiger partial charge is 0.402 e. The van der Waals surface area contributed by atoms with E-state index >= 15 is 0 Å². The van der Waals surface area contributed by atoms with E-state index in [4.69, 9.17) is 4.74 Å². The van der Waals surface area contributed by atoms with Crippen molar-refractivity contribution < 1.29 is 14.5 Å². The molecular weight excluding hydrogens is 296 g/mol. The molecule has 0 aromatic heterocycles. The summed E-state index contributed by atoms with van der Waals surface area (Å²) >= 11 is 0. The Morgan fingerprint density at radius 2 is 1.96 bits per heavy atom. The summed E-state index contributed by atoms with van der Waals surface area (Å²) in [6.45, 7) is 1.94. The van der Waals surface area contributed by atoms with Crippen molar-refractivity contribution in [2.24, 2.45) is 4.99 Å². The molecule has 0 bridgehead atoms. The van der Waals surface area contributed by atoms with Gasteiger partial charge in [0.25, 0.3) is 5.69 Å². The Hall–Kier alpha value is -3.28. The Labute approximate surface area is 131 Å². The number of ether oxygens (including phenoxy) is 1. The van der Waals surface area contributed by atoms with Gasteiger partial charge in [-0.2, -0.15) is 0 Å². The van der Waals surface area contributed by atoms with Crippen LogP contribution in [0.25, 0.3) is 6.08 Å². The van der Waals surface area contributed by atoms with E-state index < -0.39 is 10.9 Å². The minimum absolute atomic E-state index is 0.0544. The van der Waals surface area contributed by atoms with Gasteiger partial charge >= 0.3 is 5.97 Å². The minimum atomic E-state index is -0.625. The number of rotatable bonds is 3. The molecule has 2 aromatic rings. The zero-order valence-electron chi connectivity index (χ0n) is 12.2. The molecule has 0 saturated carbocycles. The average Bonchev–Trinajstić information content (AvgIpc) is 2.88. The number of hydrogen-bond acceptors (Lipinski definition) is 5. The van der Waals surface area contributed by atoms with Gasteiger partial charge in [0.1, 0.15) is 5.56 Å². The van der Waals surface area contributed by atoms with E-state index in [9.17, 15) is 14.9 Å². The first kappa shape index (κ1) is 14.6. The van der Waals surface area contributed by atoms with Crippen LogP contribution in [0, 0.1) is 17.0 Å². The van der Waals surface area contributed by atoms with Crippen molar-refractivity contribution in [1.29, 1.82) is 0 Å². The van der Waals surface area contributed by atoms with E-state index in [0.29, 0.717) is 0 Å². The molecule has 23 heavy (non-hydrogen) atoms. The molecular formula is C17H12N2O4. The highest BCUT2D eigenvalue weighted by Gasteiger charge is 2.28. The lowest BCUT2D eigenvalue weighted by Gasteiger charge is -2.00. The Balaban J connectivity index is 2.01. The minimum Gasteiger partial charge on any atom is -0.402 e. The fourth-order valence-electron chi connectivity index (χ4n) is 2.26. The molecule has 114 valence electrons. The number of nitro benzene ring substituents is 1. The van der Waals surface area contributed by atoms with E-state index in [1.807, 2.05) is 31.2 Å². The zero-order valence-corrected chi connectivity index (χ0v) is 12.2. The summed E-state index contributed by atoms with van der Waals surface area (Å²) in [4.78, 5) is 26.6. The number of benzene rings is 2. The number of nitrogens with zero attached hydrogens (tertiary/aromatic N) is 2. The quantitative estimate of drug-likeness (QED) is 0.377. The van der Waals surface area contributed by atoms with Gasteiger partial charge in [-0.05, 0) is 24.6 Å².